The maximum absolute atomic E-state index is 12.2. The fourth-order valence-corrected chi connectivity index (χ4v) is 3.58. The number of hydrogen-bond acceptors (Lipinski definition) is 8. The van der Waals surface area contributed by atoms with Crippen LogP contribution in [-0.2, 0) is 20.7 Å². The van der Waals surface area contributed by atoms with E-state index in [1.54, 1.807) is 50.6 Å². The Balaban J connectivity index is 0.000000258. The molecule has 0 saturated carbocycles. The van der Waals surface area contributed by atoms with Crippen LogP contribution in [0.4, 0.5) is 0 Å². The molecule has 0 aliphatic heterocycles. The van der Waals surface area contributed by atoms with Crippen LogP contribution in [0.3, 0.4) is 0 Å². The van der Waals surface area contributed by atoms with E-state index in [1.165, 1.54) is 22.4 Å². The van der Waals surface area contributed by atoms with Crippen LogP contribution in [-0.4, -0.2) is 40.8 Å². The van der Waals surface area contributed by atoms with Crippen molar-refractivity contribution in [2.45, 2.75) is 25.2 Å². The van der Waals surface area contributed by atoms with Crippen molar-refractivity contribution in [1.29, 1.82) is 5.26 Å². The van der Waals surface area contributed by atoms with E-state index in [4.69, 9.17) is 9.47 Å². The molecule has 0 saturated heterocycles. The molecule has 166 valence electrons. The molecule has 0 unspecified atom stereocenters. The quantitative estimate of drug-likeness (QED) is 0.413. The zero-order chi connectivity index (χ0) is 23.5. The molecule has 0 aliphatic rings. The summed E-state index contributed by atoms with van der Waals surface area (Å²) >= 11 is 1.19. The Bertz CT molecular complexity index is 1190. The second-order valence-corrected chi connectivity index (χ2v) is 7.00. The number of pyridine rings is 3. The highest BCUT2D eigenvalue weighted by molar-refractivity contribution is 7.98. The van der Waals surface area contributed by atoms with E-state index in [0.717, 1.165) is 5.69 Å². The van der Waals surface area contributed by atoms with Crippen molar-refractivity contribution >= 4 is 29.2 Å². The number of nitriles is 1. The number of rotatable bonds is 6. The summed E-state index contributed by atoms with van der Waals surface area (Å²) in [5.41, 5.74) is 0.983. The molecular formula is C23H23N3O5S. The van der Waals surface area contributed by atoms with Crippen LogP contribution in [0.5, 0.6) is 0 Å². The van der Waals surface area contributed by atoms with Gasteiger partial charge in [-0.2, -0.15) is 5.26 Å². The minimum Gasteiger partial charge on any atom is -0.466 e. The third kappa shape index (κ3) is 5.95. The Morgan fingerprint density at radius 3 is 2.44 bits per heavy atom. The van der Waals surface area contributed by atoms with Gasteiger partial charge in [-0.15, -0.1) is 11.8 Å². The number of aromatic nitrogens is 2. The largest absolute Gasteiger partial charge is 0.466 e. The summed E-state index contributed by atoms with van der Waals surface area (Å²) in [7, 11) is 0. The Morgan fingerprint density at radius 2 is 1.84 bits per heavy atom. The molecule has 0 aromatic carbocycles. The van der Waals surface area contributed by atoms with Crippen molar-refractivity contribution in [3.8, 4) is 6.07 Å². The molecular weight excluding hydrogens is 430 g/mol. The predicted octanol–water partition coefficient (Wildman–Crippen LogP) is 3.26. The summed E-state index contributed by atoms with van der Waals surface area (Å²) in [5, 5.41) is 9.20. The van der Waals surface area contributed by atoms with Crippen LogP contribution in [0.25, 0.3) is 5.52 Å². The molecule has 0 N–H and O–H groups in total. The molecule has 0 aliphatic carbocycles. The highest BCUT2D eigenvalue weighted by Crippen LogP contribution is 2.26. The average molecular weight is 454 g/mol. The van der Waals surface area contributed by atoms with Crippen molar-refractivity contribution < 1.29 is 19.1 Å². The molecule has 3 rings (SSSR count). The molecule has 0 radical (unpaired) electrons. The molecule has 32 heavy (non-hydrogen) atoms. The number of ether oxygens (including phenoxy) is 2. The topological polar surface area (TPSA) is 111 Å². The van der Waals surface area contributed by atoms with E-state index in [0.29, 0.717) is 17.0 Å². The first kappa shape index (κ1) is 24.6. The predicted molar refractivity (Wildman–Crippen MR) is 121 cm³/mol. The van der Waals surface area contributed by atoms with Gasteiger partial charge in [-0.1, -0.05) is 12.1 Å². The second-order valence-electron chi connectivity index (χ2n) is 6.18. The SMILES string of the molecule is CCOC(=O)Cc1ccccn1.CCOC(=O)c1c(SC)c(C#N)c(=O)n2ccccc12. The maximum atomic E-state index is 12.2. The molecule has 3 aromatic heterocycles. The smallest absolute Gasteiger partial charge is 0.341 e. The van der Waals surface area contributed by atoms with Crippen molar-refractivity contribution in [2.24, 2.45) is 0 Å². The lowest BCUT2D eigenvalue weighted by molar-refractivity contribution is -0.142. The first-order valence-electron chi connectivity index (χ1n) is 9.82. The van der Waals surface area contributed by atoms with Crippen LogP contribution in [0, 0.1) is 11.3 Å². The van der Waals surface area contributed by atoms with Crippen LogP contribution in [0.2, 0.25) is 0 Å². The molecule has 3 heterocycles. The fraction of sp³-hybridized carbons (Fsp3) is 0.261. The highest BCUT2D eigenvalue weighted by atomic mass is 32.2. The summed E-state index contributed by atoms with van der Waals surface area (Å²) in [4.78, 5) is 39.7. The monoisotopic (exact) mass is 453 g/mol. The number of carbonyl (C=O) groups is 2. The summed E-state index contributed by atoms with van der Waals surface area (Å²) in [6, 6.07) is 12.4. The number of esters is 2. The fourth-order valence-electron chi connectivity index (χ4n) is 2.85. The minimum absolute atomic E-state index is 0.0377. The van der Waals surface area contributed by atoms with E-state index in [9.17, 15) is 19.6 Å². The van der Waals surface area contributed by atoms with Crippen molar-refractivity contribution in [1.82, 2.24) is 9.38 Å². The first-order valence-corrected chi connectivity index (χ1v) is 11.0. The van der Waals surface area contributed by atoms with E-state index in [-0.39, 0.29) is 30.1 Å². The van der Waals surface area contributed by atoms with Gasteiger partial charge in [-0.3, -0.25) is 19.0 Å². The molecule has 9 heteroatoms. The lowest BCUT2D eigenvalue weighted by Crippen LogP contribution is -2.22. The standard InChI is InChI=1S/C14H12N2O3S.C9H11NO2/c1-3-19-14(18)11-10-6-4-5-7-16(10)13(17)9(8-15)12(11)20-2;1-2-12-9(11)7-8-5-3-4-6-10-8/h4-7H,3H2,1-2H3;3-6H,2,7H2,1H3. The third-order valence-electron chi connectivity index (χ3n) is 4.16. The van der Waals surface area contributed by atoms with Crippen LogP contribution < -0.4 is 5.56 Å². The van der Waals surface area contributed by atoms with E-state index >= 15 is 0 Å². The van der Waals surface area contributed by atoms with E-state index < -0.39 is 11.5 Å². The zero-order valence-electron chi connectivity index (χ0n) is 18.0. The van der Waals surface area contributed by atoms with Crippen LogP contribution in [0.15, 0.2) is 58.5 Å². The number of nitrogens with zero attached hydrogens (tertiary/aromatic N) is 3. The Hall–Kier alpha value is -3.64. The highest BCUT2D eigenvalue weighted by Gasteiger charge is 2.23. The number of carbonyl (C=O) groups excluding carboxylic acids is 2. The minimum atomic E-state index is -0.531. The lowest BCUT2D eigenvalue weighted by Gasteiger charge is -2.12. The Labute approximate surface area is 189 Å². The van der Waals surface area contributed by atoms with Gasteiger partial charge in [-0.05, 0) is 44.4 Å². The van der Waals surface area contributed by atoms with Crippen molar-refractivity contribution in [2.75, 3.05) is 19.5 Å². The van der Waals surface area contributed by atoms with Crippen molar-refractivity contribution in [3.63, 3.8) is 0 Å². The average Bonchev–Trinajstić information content (AvgIpc) is 2.80. The lowest BCUT2D eigenvalue weighted by atomic mass is 10.1. The van der Waals surface area contributed by atoms with Gasteiger partial charge in [0, 0.05) is 17.3 Å². The molecule has 0 amide bonds. The molecule has 3 aromatic rings. The number of thioether (sulfide) groups is 1. The third-order valence-corrected chi connectivity index (χ3v) is 4.97. The zero-order valence-corrected chi connectivity index (χ0v) is 18.8. The Kier molecular flexibility index (Phi) is 9.44. The normalized spacial score (nSPS) is 9.94. The molecule has 0 spiro atoms. The second kappa shape index (κ2) is 12.3. The van der Waals surface area contributed by atoms with Gasteiger partial charge in [0.25, 0.3) is 5.56 Å². The molecule has 8 nitrogen and oxygen atoms in total. The molecule has 0 fully saturated rings. The summed E-state index contributed by atoms with van der Waals surface area (Å²) < 4.78 is 11.1. The van der Waals surface area contributed by atoms with Gasteiger partial charge in [0.2, 0.25) is 0 Å². The van der Waals surface area contributed by atoms with Gasteiger partial charge < -0.3 is 9.47 Å². The van der Waals surface area contributed by atoms with Crippen LogP contribution >= 0.6 is 11.8 Å². The molecule has 0 bridgehead atoms. The maximum Gasteiger partial charge on any atom is 0.341 e. The van der Waals surface area contributed by atoms with E-state index in [1.807, 2.05) is 18.2 Å². The van der Waals surface area contributed by atoms with Crippen LogP contribution in [0.1, 0.15) is 35.5 Å². The first-order chi connectivity index (χ1) is 15.5. The van der Waals surface area contributed by atoms with Gasteiger partial charge in [0.15, 0.2) is 0 Å². The number of hydrogen-bond donors (Lipinski definition) is 0. The van der Waals surface area contributed by atoms with Gasteiger partial charge in [0.05, 0.1) is 36.4 Å². The van der Waals surface area contributed by atoms with E-state index in [2.05, 4.69) is 4.98 Å². The van der Waals surface area contributed by atoms with Gasteiger partial charge >= 0.3 is 11.9 Å². The summed E-state index contributed by atoms with van der Waals surface area (Å²) in [6.07, 6.45) is 5.17. The van der Waals surface area contributed by atoms with Crippen molar-refractivity contribution in [3.05, 3.63) is 76.0 Å². The summed E-state index contributed by atoms with van der Waals surface area (Å²) in [6.45, 7) is 4.15. The van der Waals surface area contributed by atoms with Gasteiger partial charge in [-0.25, -0.2) is 4.79 Å². The summed E-state index contributed by atoms with van der Waals surface area (Å²) in [5.74, 6) is -0.756. The van der Waals surface area contributed by atoms with Gasteiger partial charge in [0.1, 0.15) is 11.6 Å². The molecule has 0 atom stereocenters. The number of fused-ring (bicyclic) bond motifs is 1. The Morgan fingerprint density at radius 1 is 1.12 bits per heavy atom.